The third-order valence-corrected chi connectivity index (χ3v) is 9.43. The quantitative estimate of drug-likeness (QED) is 0.116. The maximum atomic E-state index is 14.5. The molecule has 1 aromatic rings. The van der Waals surface area contributed by atoms with Gasteiger partial charge in [-0.25, -0.2) is 0 Å². The summed E-state index contributed by atoms with van der Waals surface area (Å²) in [4.78, 5) is 0. The van der Waals surface area contributed by atoms with Crippen LogP contribution in [0.2, 0.25) is 0 Å². The van der Waals surface area contributed by atoms with Crippen LogP contribution in [0.15, 0.2) is 12.1 Å². The second-order valence-electron chi connectivity index (χ2n) is 9.96. The van der Waals surface area contributed by atoms with E-state index in [1.807, 2.05) is 0 Å². The van der Waals surface area contributed by atoms with Gasteiger partial charge in [0.25, 0.3) is 0 Å². The Morgan fingerprint density at radius 1 is 0.889 bits per heavy atom. The number of halogens is 5. The number of hydrogen-bond acceptors (Lipinski definition) is 5. The van der Waals surface area contributed by atoms with Crippen molar-refractivity contribution in [3.8, 4) is 5.75 Å². The average molecular weight is 572 g/mol. The van der Waals surface area contributed by atoms with Crippen LogP contribution in [0, 0.1) is 0 Å². The summed E-state index contributed by atoms with van der Waals surface area (Å²) in [6.07, 6.45) is 14.2. The molecule has 2 nitrogen and oxygen atoms in total. The minimum absolute atomic E-state index is 0.0514. The lowest BCUT2D eigenvalue weighted by atomic mass is 9.77. The fourth-order valence-corrected chi connectivity index (χ4v) is 7.49. The van der Waals surface area contributed by atoms with E-state index in [0.29, 0.717) is 11.7 Å². The lowest BCUT2D eigenvalue weighted by Crippen LogP contribution is -2.17. The van der Waals surface area contributed by atoms with E-state index in [2.05, 4.69) is 26.0 Å². The average Bonchev–Trinajstić information content (AvgIpc) is 2.86. The Bertz CT molecular complexity index is 785. The van der Waals surface area contributed by atoms with E-state index in [-0.39, 0.29) is 35.8 Å². The molecule has 1 unspecified atom stereocenters. The third-order valence-electron chi connectivity index (χ3n) is 7.40. The van der Waals surface area contributed by atoms with E-state index in [9.17, 15) is 22.0 Å². The highest BCUT2D eigenvalue weighted by Gasteiger charge is 2.38. The second kappa shape index (κ2) is 14.2. The first-order chi connectivity index (χ1) is 17.1. The molecule has 36 heavy (non-hydrogen) atoms. The van der Waals surface area contributed by atoms with E-state index in [4.69, 9.17) is 4.18 Å². The van der Waals surface area contributed by atoms with Crippen molar-refractivity contribution in [2.75, 3.05) is 0 Å². The molecule has 206 valence electrons. The molecule has 1 N–H and O–H groups in total. The molecule has 0 radical (unpaired) electrons. The molecule has 1 aromatic carbocycles. The Kier molecular flexibility index (Phi) is 11.9. The first-order valence-corrected chi connectivity index (χ1v) is 15.6. The molecule has 2 aliphatic rings. The van der Waals surface area contributed by atoms with Gasteiger partial charge in [-0.3, -0.25) is 0 Å². The zero-order valence-electron chi connectivity index (χ0n) is 21.1. The number of alkyl halides is 5. The Morgan fingerprint density at radius 3 is 2.06 bits per heavy atom. The number of rotatable bonds is 12. The summed E-state index contributed by atoms with van der Waals surface area (Å²) < 4.78 is 70.2. The highest BCUT2D eigenvalue weighted by molar-refractivity contribution is 8.20. The smallest absolute Gasteiger partial charge is 0.418 e. The SMILES string of the molecule is CCCC(CC)c1cc(C2CCCCC2)cc(C2CCCCC2)c1OSC(F)(F)SNSC(F)(F)F. The van der Waals surface area contributed by atoms with Gasteiger partial charge in [-0.2, -0.15) is 26.1 Å². The second-order valence-corrected chi connectivity index (χ2v) is 13.1. The van der Waals surface area contributed by atoms with Crippen LogP contribution in [-0.4, -0.2) is 10.1 Å². The fourth-order valence-electron chi connectivity index (χ4n) is 5.64. The van der Waals surface area contributed by atoms with Gasteiger partial charge in [0.2, 0.25) is 0 Å². The van der Waals surface area contributed by atoms with Gasteiger partial charge in [-0.15, -0.1) is 0 Å². The van der Waals surface area contributed by atoms with E-state index in [0.717, 1.165) is 68.9 Å². The van der Waals surface area contributed by atoms with Crippen LogP contribution in [0.3, 0.4) is 0 Å². The number of hydrogen-bond donors (Lipinski definition) is 1. The van der Waals surface area contributed by atoms with Gasteiger partial charge in [-0.1, -0.05) is 70.9 Å². The molecule has 1 atom stereocenters. The third kappa shape index (κ3) is 9.16. The van der Waals surface area contributed by atoms with Crippen molar-refractivity contribution in [2.45, 2.75) is 125 Å². The number of nitrogens with one attached hydrogen (secondary N) is 1. The van der Waals surface area contributed by atoms with Gasteiger partial charge in [0.15, 0.2) is 0 Å². The minimum Gasteiger partial charge on any atom is -0.418 e. The van der Waals surface area contributed by atoms with Crippen molar-refractivity contribution < 1.29 is 26.1 Å². The molecular formula is C26H38F5NOS3. The van der Waals surface area contributed by atoms with E-state index in [1.54, 1.807) is 4.13 Å². The summed E-state index contributed by atoms with van der Waals surface area (Å²) in [5.41, 5.74) is -1.32. The normalized spacial score (nSPS) is 19.4. The largest absolute Gasteiger partial charge is 0.456 e. The Morgan fingerprint density at radius 2 is 1.50 bits per heavy atom. The van der Waals surface area contributed by atoms with E-state index >= 15 is 0 Å². The highest BCUT2D eigenvalue weighted by Crippen LogP contribution is 2.49. The Balaban J connectivity index is 1.95. The molecule has 0 spiro atoms. The zero-order valence-corrected chi connectivity index (χ0v) is 23.6. The van der Waals surface area contributed by atoms with Gasteiger partial charge in [0.05, 0.1) is 0 Å². The van der Waals surface area contributed by atoms with Gasteiger partial charge in [0.1, 0.15) is 17.8 Å². The number of benzene rings is 1. The van der Waals surface area contributed by atoms with Crippen LogP contribution in [0.4, 0.5) is 22.0 Å². The molecule has 2 fully saturated rings. The molecule has 3 rings (SSSR count). The van der Waals surface area contributed by atoms with Crippen molar-refractivity contribution in [1.29, 1.82) is 0 Å². The molecule has 0 aliphatic heterocycles. The van der Waals surface area contributed by atoms with Crippen LogP contribution in [0.5, 0.6) is 5.75 Å². The summed E-state index contributed by atoms with van der Waals surface area (Å²) in [6, 6.07) is 4.41. The van der Waals surface area contributed by atoms with E-state index < -0.39 is 22.0 Å². The monoisotopic (exact) mass is 571 g/mol. The van der Waals surface area contributed by atoms with Crippen molar-refractivity contribution in [1.82, 2.24) is 4.13 Å². The van der Waals surface area contributed by atoms with Crippen LogP contribution >= 0.6 is 35.9 Å². The first kappa shape index (κ1) is 30.2. The summed E-state index contributed by atoms with van der Waals surface area (Å²) in [7, 11) is 0. The predicted molar refractivity (Wildman–Crippen MR) is 144 cm³/mol. The fraction of sp³-hybridized carbons (Fsp3) is 0.769. The van der Waals surface area contributed by atoms with Crippen molar-refractivity contribution >= 4 is 35.9 Å². The lowest BCUT2D eigenvalue weighted by molar-refractivity contribution is -0.0331. The van der Waals surface area contributed by atoms with Crippen LogP contribution in [-0.2, 0) is 0 Å². The highest BCUT2D eigenvalue weighted by atomic mass is 32.2. The van der Waals surface area contributed by atoms with Crippen molar-refractivity contribution in [3.63, 3.8) is 0 Å². The molecule has 0 bridgehead atoms. The Hall–Kier alpha value is -0.320. The van der Waals surface area contributed by atoms with Crippen LogP contribution in [0.1, 0.15) is 132 Å². The summed E-state index contributed by atoms with van der Waals surface area (Å²) in [5, 5.41) is 0. The Labute approximate surface area is 225 Å². The van der Waals surface area contributed by atoms with Gasteiger partial charge < -0.3 is 4.18 Å². The van der Waals surface area contributed by atoms with Crippen LogP contribution < -0.4 is 8.31 Å². The molecule has 10 heteroatoms. The molecular weight excluding hydrogens is 533 g/mol. The summed E-state index contributed by atoms with van der Waals surface area (Å²) in [6.45, 7) is 4.24. The maximum absolute atomic E-state index is 14.5. The van der Waals surface area contributed by atoms with Gasteiger partial charge in [-0.05, 0) is 73.0 Å². The molecule has 0 amide bonds. The lowest BCUT2D eigenvalue weighted by Gasteiger charge is -2.31. The van der Waals surface area contributed by atoms with Crippen molar-refractivity contribution in [3.05, 3.63) is 28.8 Å². The van der Waals surface area contributed by atoms with Crippen LogP contribution in [0.25, 0.3) is 0 Å². The molecule has 0 aromatic heterocycles. The summed E-state index contributed by atoms with van der Waals surface area (Å²) in [5.74, 6) is 1.46. The van der Waals surface area contributed by atoms with Gasteiger partial charge >= 0.3 is 10.1 Å². The molecule has 2 aliphatic carbocycles. The van der Waals surface area contributed by atoms with E-state index in [1.165, 1.54) is 31.2 Å². The first-order valence-electron chi connectivity index (χ1n) is 13.2. The standard InChI is InChI=1S/C26H38F5NOS3/c1-3-11-18(4-2)22-16-21(19-12-7-5-8-13-19)17-23(20-14-9-6-10-15-20)24(22)33-36-26(30,31)35-32-34-25(27,28)29/h16-20,32H,3-15H2,1-2H3. The molecule has 0 heterocycles. The van der Waals surface area contributed by atoms with Gasteiger partial charge in [0, 0.05) is 23.9 Å². The zero-order chi connectivity index (χ0) is 26.2. The maximum Gasteiger partial charge on any atom is 0.456 e. The van der Waals surface area contributed by atoms with Crippen molar-refractivity contribution in [2.24, 2.45) is 0 Å². The topological polar surface area (TPSA) is 21.3 Å². The molecule has 0 saturated heterocycles. The predicted octanol–water partition coefficient (Wildman–Crippen LogP) is 11.1. The molecule has 2 saturated carbocycles. The minimum atomic E-state index is -4.64. The summed E-state index contributed by atoms with van der Waals surface area (Å²) >= 11 is -1.02.